The minimum Gasteiger partial charge on any atom is -0.497 e. The summed E-state index contributed by atoms with van der Waals surface area (Å²) >= 11 is 0. The molecule has 0 saturated carbocycles. The summed E-state index contributed by atoms with van der Waals surface area (Å²) in [5.41, 5.74) is 9.35. The van der Waals surface area contributed by atoms with Crippen LogP contribution in [0.25, 0.3) is 22.3 Å². The van der Waals surface area contributed by atoms with E-state index in [2.05, 4.69) is 16.5 Å². The van der Waals surface area contributed by atoms with Crippen molar-refractivity contribution in [2.45, 2.75) is 31.7 Å². The molecule has 0 aliphatic carbocycles. The van der Waals surface area contributed by atoms with Crippen LogP contribution >= 0.6 is 0 Å². The number of nitrogens with zero attached hydrogens (tertiary/aromatic N) is 5. The average Bonchev–Trinajstić information content (AvgIpc) is 3.36. The molecule has 1 fully saturated rings. The first-order valence-corrected chi connectivity index (χ1v) is 12.8. The summed E-state index contributed by atoms with van der Waals surface area (Å²) in [7, 11) is 1.45. The van der Waals surface area contributed by atoms with Crippen LogP contribution in [0.5, 0.6) is 5.75 Å². The number of hydrogen-bond acceptors (Lipinski definition) is 7. The number of benzene rings is 2. The fraction of sp³-hybridized carbons (Fsp3) is 0.276. The Morgan fingerprint density at radius 3 is 2.72 bits per heavy atom. The highest BCUT2D eigenvalue weighted by molar-refractivity contribution is 5.98. The van der Waals surface area contributed by atoms with Crippen molar-refractivity contribution in [2.75, 3.05) is 25.9 Å². The number of ketones is 1. The second-order valence-corrected chi connectivity index (χ2v) is 9.50. The predicted molar refractivity (Wildman–Crippen MR) is 146 cm³/mol. The molecule has 1 atom stereocenters. The molecule has 4 aromatic rings. The van der Waals surface area contributed by atoms with E-state index in [0.717, 1.165) is 24.0 Å². The van der Waals surface area contributed by atoms with Crippen molar-refractivity contribution < 1.29 is 18.7 Å². The van der Waals surface area contributed by atoms with Crippen LogP contribution in [0.4, 0.5) is 10.2 Å². The molecule has 200 valence electrons. The number of carbonyl (C=O) groups is 2. The number of methoxy groups -OCH3 is 1. The number of Topliss-reactive ketones (excluding diaryl/α,β-unsaturated/α-hetero) is 1. The van der Waals surface area contributed by atoms with Crippen LogP contribution in [-0.2, 0) is 11.2 Å². The molecule has 9 nitrogen and oxygen atoms in total. The first-order valence-electron chi connectivity index (χ1n) is 12.8. The lowest BCUT2D eigenvalue weighted by atomic mass is 10.0. The van der Waals surface area contributed by atoms with E-state index in [1.807, 2.05) is 28.9 Å². The van der Waals surface area contributed by atoms with Gasteiger partial charge in [0.05, 0.1) is 24.1 Å². The zero-order chi connectivity index (χ0) is 27.5. The molecule has 1 aliphatic heterocycles. The van der Waals surface area contributed by atoms with E-state index in [-0.39, 0.29) is 29.7 Å². The minimum absolute atomic E-state index is 0.0518. The number of anilines is 1. The third-order valence-corrected chi connectivity index (χ3v) is 7.09. The van der Waals surface area contributed by atoms with Crippen molar-refractivity contribution in [3.05, 3.63) is 78.4 Å². The van der Waals surface area contributed by atoms with E-state index in [1.165, 1.54) is 31.6 Å². The third kappa shape index (κ3) is 5.22. The van der Waals surface area contributed by atoms with Gasteiger partial charge in [0.1, 0.15) is 29.4 Å². The second kappa shape index (κ2) is 11.0. The summed E-state index contributed by atoms with van der Waals surface area (Å²) in [5, 5.41) is 5.55. The maximum absolute atomic E-state index is 14.3. The molecule has 5 rings (SSSR count). The number of nitrogen functional groups attached to an aromatic ring is 1. The van der Waals surface area contributed by atoms with Gasteiger partial charge in [0.2, 0.25) is 5.91 Å². The Hall–Kier alpha value is -4.60. The van der Waals surface area contributed by atoms with Gasteiger partial charge in [-0.05, 0) is 43.0 Å². The second-order valence-electron chi connectivity index (χ2n) is 9.50. The van der Waals surface area contributed by atoms with E-state index in [1.54, 1.807) is 11.0 Å². The molecule has 1 aliphatic rings. The van der Waals surface area contributed by atoms with Crippen LogP contribution in [0.2, 0.25) is 0 Å². The fourth-order valence-corrected chi connectivity index (χ4v) is 5.01. The summed E-state index contributed by atoms with van der Waals surface area (Å²) in [6, 6.07) is 11.9. The number of rotatable bonds is 8. The number of hydrogen-bond donors (Lipinski definition) is 1. The van der Waals surface area contributed by atoms with Gasteiger partial charge >= 0.3 is 0 Å². The largest absolute Gasteiger partial charge is 0.497 e. The number of aryl methyl sites for hydroxylation is 1. The van der Waals surface area contributed by atoms with E-state index < -0.39 is 5.82 Å². The number of ether oxygens (including phenoxy) is 1. The maximum atomic E-state index is 14.3. The van der Waals surface area contributed by atoms with E-state index >= 15 is 0 Å². The number of halogens is 1. The highest BCUT2D eigenvalue weighted by Crippen LogP contribution is 2.34. The van der Waals surface area contributed by atoms with Crippen molar-refractivity contribution in [1.82, 2.24) is 24.6 Å². The van der Waals surface area contributed by atoms with Gasteiger partial charge in [-0.15, -0.1) is 0 Å². The molecule has 39 heavy (non-hydrogen) atoms. The summed E-state index contributed by atoms with van der Waals surface area (Å²) in [6.07, 6.45) is 5.07. The number of nitrogens with two attached hydrogens (primary N) is 1. The molecule has 1 amide bonds. The summed E-state index contributed by atoms with van der Waals surface area (Å²) in [5.74, 6) is -0.273. The van der Waals surface area contributed by atoms with Gasteiger partial charge in [0, 0.05) is 31.1 Å². The summed E-state index contributed by atoms with van der Waals surface area (Å²) in [4.78, 5) is 35.3. The highest BCUT2D eigenvalue weighted by atomic mass is 19.1. The van der Waals surface area contributed by atoms with Gasteiger partial charge in [-0.25, -0.2) is 19.0 Å². The molecule has 2 N–H and O–H groups in total. The van der Waals surface area contributed by atoms with Crippen molar-refractivity contribution >= 4 is 28.5 Å². The first-order chi connectivity index (χ1) is 18.9. The Labute approximate surface area is 225 Å². The molecule has 1 unspecified atom stereocenters. The zero-order valence-corrected chi connectivity index (χ0v) is 21.6. The van der Waals surface area contributed by atoms with Crippen LogP contribution in [0.15, 0.2) is 61.4 Å². The first kappa shape index (κ1) is 26.0. The summed E-state index contributed by atoms with van der Waals surface area (Å²) in [6.45, 7) is 4.79. The minimum atomic E-state index is -0.591. The van der Waals surface area contributed by atoms with Gasteiger partial charge in [-0.1, -0.05) is 30.8 Å². The normalized spacial score (nSPS) is 15.3. The van der Waals surface area contributed by atoms with Gasteiger partial charge in [0.25, 0.3) is 0 Å². The number of fused-ring (bicyclic) bond motifs is 1. The number of aromatic nitrogens is 4. The van der Waals surface area contributed by atoms with Crippen molar-refractivity contribution in [2.24, 2.45) is 0 Å². The fourth-order valence-electron chi connectivity index (χ4n) is 5.01. The molecule has 0 spiro atoms. The Balaban J connectivity index is 1.37. The number of piperidine rings is 1. The lowest BCUT2D eigenvalue weighted by Crippen LogP contribution is -2.40. The molecule has 2 aromatic carbocycles. The quantitative estimate of drug-likeness (QED) is 0.266. The van der Waals surface area contributed by atoms with E-state index in [0.29, 0.717) is 47.8 Å². The lowest BCUT2D eigenvalue weighted by Gasteiger charge is -2.32. The molecule has 0 radical (unpaired) electrons. The monoisotopic (exact) mass is 528 g/mol. The topological polar surface area (TPSA) is 116 Å². The van der Waals surface area contributed by atoms with Gasteiger partial charge in [-0.3, -0.25) is 9.59 Å². The zero-order valence-electron chi connectivity index (χ0n) is 21.6. The Morgan fingerprint density at radius 2 is 2.00 bits per heavy atom. The lowest BCUT2D eigenvalue weighted by molar-refractivity contribution is -0.127. The molecule has 2 aromatic heterocycles. The maximum Gasteiger partial charge on any atom is 0.246 e. The molecule has 10 heteroatoms. The highest BCUT2D eigenvalue weighted by Gasteiger charge is 2.28. The molecule has 3 heterocycles. The molecule has 1 saturated heterocycles. The number of likely N-dealkylation sites (tertiary alicyclic amines) is 1. The van der Waals surface area contributed by atoms with Crippen molar-refractivity contribution in [3.63, 3.8) is 0 Å². The Morgan fingerprint density at radius 1 is 1.21 bits per heavy atom. The van der Waals surface area contributed by atoms with Crippen LogP contribution in [-0.4, -0.2) is 56.5 Å². The number of carbonyl (C=O) groups excluding carboxylic acids is 2. The van der Waals surface area contributed by atoms with Crippen LogP contribution in [0.1, 0.15) is 41.2 Å². The van der Waals surface area contributed by atoms with Crippen LogP contribution in [0, 0.1) is 5.82 Å². The van der Waals surface area contributed by atoms with E-state index in [4.69, 9.17) is 15.6 Å². The van der Waals surface area contributed by atoms with Crippen LogP contribution in [0.3, 0.4) is 0 Å². The van der Waals surface area contributed by atoms with Gasteiger partial charge in [0.15, 0.2) is 11.4 Å². The molecule has 0 bridgehead atoms. The Kier molecular flexibility index (Phi) is 7.36. The predicted octanol–water partition coefficient (Wildman–Crippen LogP) is 4.39. The van der Waals surface area contributed by atoms with Gasteiger partial charge < -0.3 is 15.4 Å². The standard InChI is InChI=1S/C29H29FN6O3/c1-3-25(38)35-14-4-5-20(16-35)36-29-26(28(31)32-17-33-29)27(34-36)19-9-6-18(7-10-19)8-13-24(37)22-12-11-21(39-2)15-23(22)30/h3,6-7,9-12,15,17,20H,1,4-5,8,13-14,16H2,2H3,(H2,31,32,33). The SMILES string of the molecule is C=CC(=O)N1CCCC(n2nc(-c3ccc(CCC(=O)c4ccc(OC)cc4F)cc3)c3c(N)ncnc32)C1. The number of amides is 1. The van der Waals surface area contributed by atoms with Crippen LogP contribution < -0.4 is 10.5 Å². The molecular formula is C29H29FN6O3. The Bertz CT molecular complexity index is 1550. The van der Waals surface area contributed by atoms with Crippen molar-refractivity contribution in [3.8, 4) is 17.0 Å². The third-order valence-electron chi connectivity index (χ3n) is 7.09. The van der Waals surface area contributed by atoms with Crippen molar-refractivity contribution in [1.29, 1.82) is 0 Å². The average molecular weight is 529 g/mol. The smallest absolute Gasteiger partial charge is 0.246 e. The van der Waals surface area contributed by atoms with Gasteiger partial charge in [-0.2, -0.15) is 5.10 Å². The molecular weight excluding hydrogens is 499 g/mol. The van der Waals surface area contributed by atoms with E-state index in [9.17, 15) is 14.0 Å². The summed E-state index contributed by atoms with van der Waals surface area (Å²) < 4.78 is 21.1.